The van der Waals surface area contributed by atoms with Crippen LogP contribution in [-0.4, -0.2) is 54.5 Å². The Labute approximate surface area is 190 Å². The van der Waals surface area contributed by atoms with Gasteiger partial charge in [-0.15, -0.1) is 0 Å². The summed E-state index contributed by atoms with van der Waals surface area (Å²) in [6, 6.07) is 6.79. The van der Waals surface area contributed by atoms with Gasteiger partial charge in [0.05, 0.1) is 37.6 Å². The summed E-state index contributed by atoms with van der Waals surface area (Å²) in [6.07, 6.45) is 2.22. The van der Waals surface area contributed by atoms with E-state index in [4.69, 9.17) is 14.2 Å². The first-order chi connectivity index (χ1) is 15.4. The van der Waals surface area contributed by atoms with Crippen LogP contribution in [0.4, 0.5) is 9.59 Å². The van der Waals surface area contributed by atoms with Crippen LogP contribution >= 0.6 is 0 Å². The number of hydrogen-bond acceptors (Lipinski definition) is 6. The van der Waals surface area contributed by atoms with Gasteiger partial charge in [0, 0.05) is 6.42 Å². The summed E-state index contributed by atoms with van der Waals surface area (Å²) in [4.78, 5) is 38.3. The van der Waals surface area contributed by atoms with E-state index in [1.165, 1.54) is 17.1 Å². The maximum Gasteiger partial charge on any atom is 0.433 e. The number of rotatable bonds is 9. The number of carbonyl (C=O) groups excluding carboxylic acids is 3. The molecule has 0 saturated carbocycles. The van der Waals surface area contributed by atoms with E-state index in [0.717, 1.165) is 24.8 Å². The number of ether oxygens (including phenoxy) is 3. The third kappa shape index (κ3) is 5.41. The fraction of sp³-hybridized carbons (Fsp3) is 0.542. The van der Waals surface area contributed by atoms with Crippen molar-refractivity contribution in [1.29, 1.82) is 0 Å². The molecule has 32 heavy (non-hydrogen) atoms. The first kappa shape index (κ1) is 25.2. The molecule has 1 aromatic carbocycles. The number of nitrogens with zero attached hydrogens (tertiary/aromatic N) is 2. The van der Waals surface area contributed by atoms with E-state index in [0.29, 0.717) is 23.2 Å². The van der Waals surface area contributed by atoms with Gasteiger partial charge in [0.15, 0.2) is 0 Å². The van der Waals surface area contributed by atoms with Crippen LogP contribution in [0.2, 0.25) is 0 Å². The highest BCUT2D eigenvalue weighted by Crippen LogP contribution is 2.37. The number of hydrogen-bond donors (Lipinski definition) is 0. The molecule has 0 aliphatic carbocycles. The summed E-state index contributed by atoms with van der Waals surface area (Å²) in [6.45, 7) is 7.86. The van der Waals surface area contributed by atoms with Gasteiger partial charge in [-0.3, -0.25) is 0 Å². The number of hydrazine groups is 1. The monoisotopic (exact) mass is 446 g/mol. The third-order valence-electron chi connectivity index (χ3n) is 5.40. The van der Waals surface area contributed by atoms with E-state index < -0.39 is 18.2 Å². The highest BCUT2D eigenvalue weighted by molar-refractivity contribution is 5.91. The summed E-state index contributed by atoms with van der Waals surface area (Å²) in [5, 5.41) is 2.66. The first-order valence-corrected chi connectivity index (χ1v) is 11.3. The fourth-order valence-corrected chi connectivity index (χ4v) is 3.98. The maximum absolute atomic E-state index is 13.0. The summed E-state index contributed by atoms with van der Waals surface area (Å²) >= 11 is 0. The van der Waals surface area contributed by atoms with E-state index in [-0.39, 0.29) is 25.7 Å². The van der Waals surface area contributed by atoms with E-state index in [1.54, 1.807) is 26.0 Å². The molecule has 0 saturated heterocycles. The molecule has 176 valence electrons. The van der Waals surface area contributed by atoms with Gasteiger partial charge in [0.2, 0.25) is 0 Å². The smallest absolute Gasteiger partial charge is 0.433 e. The van der Waals surface area contributed by atoms with Crippen molar-refractivity contribution < 1.29 is 28.6 Å². The number of esters is 1. The second-order valence-electron chi connectivity index (χ2n) is 7.38. The largest absolute Gasteiger partial charge is 0.465 e. The molecule has 1 unspecified atom stereocenters. The Balaban J connectivity index is 2.63. The zero-order valence-corrected chi connectivity index (χ0v) is 19.7. The number of unbranched alkanes of at least 4 members (excludes halogenated alkanes) is 1. The van der Waals surface area contributed by atoms with Crippen molar-refractivity contribution in [2.24, 2.45) is 0 Å². The number of methoxy groups -OCH3 is 1. The molecule has 0 radical (unpaired) electrons. The molecule has 0 fully saturated rings. The van der Waals surface area contributed by atoms with Crippen LogP contribution in [0, 0.1) is 0 Å². The average molecular weight is 447 g/mol. The van der Waals surface area contributed by atoms with Crippen LogP contribution in [0.15, 0.2) is 35.5 Å². The molecule has 1 atom stereocenters. The number of allylic oxidation sites excluding steroid dienone is 1. The highest BCUT2D eigenvalue weighted by Gasteiger charge is 2.45. The molecular weight excluding hydrogens is 412 g/mol. The Bertz CT molecular complexity index is 851. The van der Waals surface area contributed by atoms with Crippen molar-refractivity contribution in [3.05, 3.63) is 46.7 Å². The van der Waals surface area contributed by atoms with Crippen LogP contribution in [0.25, 0.3) is 0 Å². The SMILES string of the molecule is CCCCC1=C(Cc2ccccc2C(=O)OC)N(C(=O)OCC)N(C(=O)OCC)C1CC. The predicted octanol–water partition coefficient (Wildman–Crippen LogP) is 5.08. The third-order valence-corrected chi connectivity index (χ3v) is 5.40. The Morgan fingerprint density at radius 1 is 0.969 bits per heavy atom. The minimum Gasteiger partial charge on any atom is -0.465 e. The molecule has 0 bridgehead atoms. The zero-order valence-electron chi connectivity index (χ0n) is 19.7. The first-order valence-electron chi connectivity index (χ1n) is 11.3. The van der Waals surface area contributed by atoms with Gasteiger partial charge < -0.3 is 14.2 Å². The topological polar surface area (TPSA) is 85.4 Å². The van der Waals surface area contributed by atoms with Crippen molar-refractivity contribution in [3.8, 4) is 0 Å². The lowest BCUT2D eigenvalue weighted by Crippen LogP contribution is -2.50. The van der Waals surface area contributed by atoms with Gasteiger partial charge in [0.25, 0.3) is 0 Å². The lowest BCUT2D eigenvalue weighted by atomic mass is 9.94. The predicted molar refractivity (Wildman–Crippen MR) is 120 cm³/mol. The lowest BCUT2D eigenvalue weighted by Gasteiger charge is -2.32. The number of amides is 2. The summed E-state index contributed by atoms with van der Waals surface area (Å²) in [5.41, 5.74) is 2.75. The lowest BCUT2D eigenvalue weighted by molar-refractivity contribution is -0.00415. The van der Waals surface area contributed by atoms with Crippen LogP contribution in [-0.2, 0) is 20.6 Å². The quantitative estimate of drug-likeness (QED) is 0.388. The Morgan fingerprint density at radius 2 is 1.62 bits per heavy atom. The Morgan fingerprint density at radius 3 is 2.22 bits per heavy atom. The van der Waals surface area contributed by atoms with Crippen molar-refractivity contribution in [3.63, 3.8) is 0 Å². The van der Waals surface area contributed by atoms with Crippen LogP contribution in [0.3, 0.4) is 0 Å². The normalized spacial score (nSPS) is 15.7. The highest BCUT2D eigenvalue weighted by atomic mass is 16.6. The second-order valence-corrected chi connectivity index (χ2v) is 7.38. The van der Waals surface area contributed by atoms with Gasteiger partial charge in [-0.25, -0.2) is 19.4 Å². The molecule has 0 aromatic heterocycles. The van der Waals surface area contributed by atoms with Gasteiger partial charge in [-0.05, 0) is 50.3 Å². The molecule has 1 aliphatic rings. The zero-order chi connectivity index (χ0) is 23.7. The summed E-state index contributed by atoms with van der Waals surface area (Å²) in [5.74, 6) is -0.453. The summed E-state index contributed by atoms with van der Waals surface area (Å²) < 4.78 is 15.5. The molecule has 2 rings (SSSR count). The molecule has 1 aromatic rings. The van der Waals surface area contributed by atoms with Crippen molar-refractivity contribution >= 4 is 18.2 Å². The summed E-state index contributed by atoms with van der Waals surface area (Å²) in [7, 11) is 1.33. The van der Waals surface area contributed by atoms with Gasteiger partial charge in [0.1, 0.15) is 0 Å². The van der Waals surface area contributed by atoms with Gasteiger partial charge in [-0.2, -0.15) is 5.01 Å². The molecule has 0 spiro atoms. The Kier molecular flexibility index (Phi) is 9.56. The second kappa shape index (κ2) is 12.1. The van der Waals surface area contributed by atoms with Crippen molar-refractivity contribution in [2.75, 3.05) is 20.3 Å². The van der Waals surface area contributed by atoms with E-state index in [2.05, 4.69) is 6.92 Å². The molecular formula is C24H34N2O6. The molecule has 0 N–H and O–H groups in total. The molecule has 2 amide bonds. The molecule has 8 heteroatoms. The average Bonchev–Trinajstić information content (AvgIpc) is 3.10. The van der Waals surface area contributed by atoms with Gasteiger partial charge in [-0.1, -0.05) is 38.5 Å². The number of benzene rings is 1. The Hall–Kier alpha value is -3.03. The minimum atomic E-state index is -0.643. The van der Waals surface area contributed by atoms with E-state index in [1.807, 2.05) is 19.1 Å². The minimum absolute atomic E-state index is 0.166. The van der Waals surface area contributed by atoms with Crippen LogP contribution in [0.5, 0.6) is 0 Å². The number of carbonyl (C=O) groups is 3. The molecule has 1 heterocycles. The fourth-order valence-electron chi connectivity index (χ4n) is 3.98. The maximum atomic E-state index is 13.0. The van der Waals surface area contributed by atoms with Crippen molar-refractivity contribution in [2.45, 2.75) is 65.8 Å². The molecule has 8 nitrogen and oxygen atoms in total. The van der Waals surface area contributed by atoms with E-state index >= 15 is 0 Å². The van der Waals surface area contributed by atoms with Crippen LogP contribution < -0.4 is 0 Å². The van der Waals surface area contributed by atoms with Gasteiger partial charge >= 0.3 is 18.2 Å². The van der Waals surface area contributed by atoms with Crippen molar-refractivity contribution in [1.82, 2.24) is 10.0 Å². The van der Waals surface area contributed by atoms with Crippen LogP contribution in [0.1, 0.15) is 69.3 Å². The van der Waals surface area contributed by atoms with E-state index in [9.17, 15) is 14.4 Å². The standard InChI is InChI=1S/C24H34N2O6/c1-6-10-14-19-20(7-2)25(23(28)31-8-3)26(24(29)32-9-4)21(19)16-17-13-11-12-15-18(17)22(27)30-5/h11-13,15,20H,6-10,14,16H2,1-5H3. The molecule has 1 aliphatic heterocycles.